The third kappa shape index (κ3) is 2.37. The van der Waals surface area contributed by atoms with Crippen LogP contribution in [0.25, 0.3) is 0 Å². The quantitative estimate of drug-likeness (QED) is 0.446. The molecule has 0 atom stereocenters. The molecule has 1 aromatic rings. The van der Waals surface area contributed by atoms with Gasteiger partial charge in [-0.05, 0) is 12.1 Å². The first-order chi connectivity index (χ1) is 5.24. The first-order valence-corrected chi connectivity index (χ1v) is 2.97. The number of carbonyl (C=O) groups is 1. The molecule has 0 aliphatic heterocycles. The monoisotopic (exact) mass is 188 g/mol. The number of aromatic nitrogens is 1. The molecule has 0 aliphatic rings. The number of nitrogens with one attached hydrogen (secondary N) is 1. The van der Waals surface area contributed by atoms with E-state index in [9.17, 15) is 4.79 Å². The van der Waals surface area contributed by atoms with Gasteiger partial charge in [-0.3, -0.25) is 4.79 Å². The summed E-state index contributed by atoms with van der Waals surface area (Å²) in [5.74, 6) is 4.90. The molecule has 0 saturated carbocycles. The van der Waals surface area contributed by atoms with Crippen molar-refractivity contribution < 1.29 is 4.79 Å². The molecule has 0 saturated heterocycles. The lowest BCUT2D eigenvalue weighted by Gasteiger charge is -1.98. The zero-order valence-electron chi connectivity index (χ0n) is 6.15. The fraction of sp³-hybridized carbons (Fsp3) is 0. The van der Waals surface area contributed by atoms with Crippen LogP contribution >= 0.6 is 12.4 Å². The van der Waals surface area contributed by atoms with Gasteiger partial charge in [0.15, 0.2) is 0 Å². The van der Waals surface area contributed by atoms with Crippen molar-refractivity contribution in [1.82, 2.24) is 4.98 Å². The summed E-state index contributed by atoms with van der Waals surface area (Å²) < 4.78 is 0. The maximum absolute atomic E-state index is 10.6. The highest BCUT2D eigenvalue weighted by Gasteiger charge is 2.00. The van der Waals surface area contributed by atoms with E-state index in [1.54, 1.807) is 12.1 Å². The molecule has 6 heteroatoms. The molecule has 0 spiro atoms. The van der Waals surface area contributed by atoms with Gasteiger partial charge < -0.3 is 11.2 Å². The Morgan fingerprint density at radius 1 is 1.50 bits per heavy atom. The number of pyridine rings is 1. The van der Waals surface area contributed by atoms with Crippen LogP contribution in [0.3, 0.4) is 0 Å². The van der Waals surface area contributed by atoms with E-state index in [1.165, 1.54) is 6.07 Å². The molecule has 0 bridgehead atoms. The number of anilines is 1. The molecule has 0 radical (unpaired) electrons. The minimum absolute atomic E-state index is 0. The molecular weight excluding hydrogens is 180 g/mol. The minimum Gasteiger partial charge on any atom is -0.364 e. The third-order valence-corrected chi connectivity index (χ3v) is 1.15. The number of nitrogen functional groups attached to an aromatic ring is 1. The Morgan fingerprint density at radius 2 is 2.17 bits per heavy atom. The molecule has 0 fully saturated rings. The lowest BCUT2D eigenvalue weighted by Crippen LogP contribution is -2.15. The summed E-state index contributed by atoms with van der Waals surface area (Å²) in [7, 11) is 0. The molecule has 5 nitrogen and oxygen atoms in total. The van der Waals surface area contributed by atoms with E-state index in [4.69, 9.17) is 11.6 Å². The highest BCUT2D eigenvalue weighted by Crippen LogP contribution is 2.01. The summed E-state index contributed by atoms with van der Waals surface area (Å²) in [6.45, 7) is 0. The average Bonchev–Trinajstić information content (AvgIpc) is 2.05. The van der Waals surface area contributed by atoms with Crippen LogP contribution in [0.1, 0.15) is 10.5 Å². The summed E-state index contributed by atoms with van der Waals surface area (Å²) in [5, 5.41) is 0. The second kappa shape index (κ2) is 4.53. The SMILES string of the molecule is Cl.NNc1cccc(C(N)=O)n1. The summed E-state index contributed by atoms with van der Waals surface area (Å²) in [6, 6.07) is 4.79. The summed E-state index contributed by atoms with van der Waals surface area (Å²) >= 11 is 0. The standard InChI is InChI=1S/C6H8N4O.ClH/c7-6(11)4-2-1-3-5(9-4)10-8;/h1-3H,8H2,(H2,7,11)(H,9,10);1H. The maximum atomic E-state index is 10.6. The van der Waals surface area contributed by atoms with Gasteiger partial charge in [-0.15, -0.1) is 12.4 Å². The Labute approximate surface area is 75.5 Å². The van der Waals surface area contributed by atoms with Crippen LogP contribution in [-0.2, 0) is 0 Å². The van der Waals surface area contributed by atoms with E-state index in [0.717, 1.165) is 0 Å². The van der Waals surface area contributed by atoms with Crippen LogP contribution < -0.4 is 17.0 Å². The van der Waals surface area contributed by atoms with E-state index >= 15 is 0 Å². The van der Waals surface area contributed by atoms with Gasteiger partial charge in [-0.25, -0.2) is 10.8 Å². The molecule has 12 heavy (non-hydrogen) atoms. The largest absolute Gasteiger partial charge is 0.364 e. The summed E-state index contributed by atoms with van der Waals surface area (Å²) in [4.78, 5) is 14.3. The number of halogens is 1. The van der Waals surface area contributed by atoms with Crippen LogP contribution in [0.2, 0.25) is 0 Å². The first-order valence-electron chi connectivity index (χ1n) is 2.97. The fourth-order valence-corrected chi connectivity index (χ4v) is 0.652. The average molecular weight is 189 g/mol. The Bertz CT molecular complexity index is 278. The Morgan fingerprint density at radius 3 is 2.67 bits per heavy atom. The van der Waals surface area contributed by atoms with Gasteiger partial charge >= 0.3 is 0 Å². The molecular formula is C6H9ClN4O. The lowest BCUT2D eigenvalue weighted by atomic mass is 10.3. The number of hydrazine groups is 1. The van der Waals surface area contributed by atoms with Crippen molar-refractivity contribution >= 4 is 24.1 Å². The van der Waals surface area contributed by atoms with E-state index in [1.807, 2.05) is 0 Å². The van der Waals surface area contributed by atoms with Crippen molar-refractivity contribution in [3.63, 3.8) is 0 Å². The molecule has 1 aromatic heterocycles. The van der Waals surface area contributed by atoms with Crippen LogP contribution in [0.15, 0.2) is 18.2 Å². The lowest BCUT2D eigenvalue weighted by molar-refractivity contribution is 0.0995. The van der Waals surface area contributed by atoms with Gasteiger partial charge in [-0.1, -0.05) is 6.07 Å². The van der Waals surface area contributed by atoms with Gasteiger partial charge in [0.1, 0.15) is 11.5 Å². The van der Waals surface area contributed by atoms with Crippen LogP contribution in [0.4, 0.5) is 5.82 Å². The molecule has 1 amide bonds. The van der Waals surface area contributed by atoms with E-state index in [0.29, 0.717) is 5.82 Å². The maximum Gasteiger partial charge on any atom is 0.267 e. The van der Waals surface area contributed by atoms with Crippen molar-refractivity contribution in [2.45, 2.75) is 0 Å². The van der Waals surface area contributed by atoms with Gasteiger partial charge in [-0.2, -0.15) is 0 Å². The number of amides is 1. The van der Waals surface area contributed by atoms with Crippen LogP contribution in [0.5, 0.6) is 0 Å². The molecule has 5 N–H and O–H groups in total. The highest BCUT2D eigenvalue weighted by atomic mass is 35.5. The first kappa shape index (κ1) is 10.7. The van der Waals surface area contributed by atoms with Crippen LogP contribution in [-0.4, -0.2) is 10.9 Å². The number of primary amides is 1. The number of hydrogen-bond donors (Lipinski definition) is 3. The molecule has 66 valence electrons. The molecule has 0 aromatic carbocycles. The normalized spacial score (nSPS) is 8.42. The Hall–Kier alpha value is -1.33. The van der Waals surface area contributed by atoms with E-state index in [-0.39, 0.29) is 18.1 Å². The number of nitrogens with zero attached hydrogens (tertiary/aromatic N) is 1. The second-order valence-corrected chi connectivity index (χ2v) is 1.92. The van der Waals surface area contributed by atoms with E-state index in [2.05, 4.69) is 10.4 Å². The predicted octanol–water partition coefficient (Wildman–Crippen LogP) is -0.112. The zero-order chi connectivity index (χ0) is 8.27. The van der Waals surface area contributed by atoms with E-state index < -0.39 is 5.91 Å². The predicted molar refractivity (Wildman–Crippen MR) is 47.8 cm³/mol. The number of carbonyl (C=O) groups excluding carboxylic acids is 1. The fourth-order valence-electron chi connectivity index (χ4n) is 0.652. The van der Waals surface area contributed by atoms with Crippen molar-refractivity contribution in [3.05, 3.63) is 23.9 Å². The van der Waals surface area contributed by atoms with Gasteiger partial charge in [0, 0.05) is 0 Å². The second-order valence-electron chi connectivity index (χ2n) is 1.92. The smallest absolute Gasteiger partial charge is 0.267 e. The highest BCUT2D eigenvalue weighted by molar-refractivity contribution is 5.91. The van der Waals surface area contributed by atoms with Gasteiger partial charge in [0.05, 0.1) is 0 Å². The summed E-state index contributed by atoms with van der Waals surface area (Å²) in [6.07, 6.45) is 0. The van der Waals surface area contributed by atoms with Gasteiger partial charge in [0.2, 0.25) is 0 Å². The number of nitrogens with two attached hydrogens (primary N) is 2. The molecule has 0 aliphatic carbocycles. The van der Waals surface area contributed by atoms with Crippen molar-refractivity contribution in [2.24, 2.45) is 11.6 Å². The number of rotatable bonds is 2. The number of hydrogen-bond acceptors (Lipinski definition) is 4. The zero-order valence-corrected chi connectivity index (χ0v) is 6.97. The molecule has 1 heterocycles. The third-order valence-electron chi connectivity index (χ3n) is 1.15. The topological polar surface area (TPSA) is 94.0 Å². The van der Waals surface area contributed by atoms with Crippen LogP contribution in [0, 0.1) is 0 Å². The van der Waals surface area contributed by atoms with Gasteiger partial charge in [0.25, 0.3) is 5.91 Å². The summed E-state index contributed by atoms with van der Waals surface area (Å²) in [5.41, 5.74) is 7.47. The Kier molecular flexibility index (Phi) is 4.03. The van der Waals surface area contributed by atoms with Crippen molar-refractivity contribution in [1.29, 1.82) is 0 Å². The molecule has 0 unspecified atom stereocenters. The van der Waals surface area contributed by atoms with Crippen molar-refractivity contribution in [2.75, 3.05) is 5.43 Å². The Balaban J connectivity index is 0.00000121. The molecule has 1 rings (SSSR count). The minimum atomic E-state index is -0.568. The van der Waals surface area contributed by atoms with Crippen molar-refractivity contribution in [3.8, 4) is 0 Å².